The molecule has 2 N–H and O–H groups in total. The first-order valence-corrected chi connectivity index (χ1v) is 5.96. The summed E-state index contributed by atoms with van der Waals surface area (Å²) in [4.78, 5) is 16.0. The van der Waals surface area contributed by atoms with Crippen LogP contribution in [0.5, 0.6) is 0 Å². The molecule has 0 unspecified atom stereocenters. The van der Waals surface area contributed by atoms with E-state index in [0.717, 1.165) is 5.69 Å². The third-order valence-electron chi connectivity index (χ3n) is 2.64. The van der Waals surface area contributed by atoms with Crippen molar-refractivity contribution in [3.8, 4) is 0 Å². The molecule has 0 aliphatic heterocycles. The van der Waals surface area contributed by atoms with Crippen molar-refractivity contribution in [2.45, 2.75) is 20.4 Å². The van der Waals surface area contributed by atoms with Crippen LogP contribution in [0.25, 0.3) is 0 Å². The molecule has 0 bridgehead atoms. The number of carbonyl (C=O) groups is 1. The van der Waals surface area contributed by atoms with Crippen molar-refractivity contribution in [1.82, 2.24) is 20.1 Å². The second-order valence-electron chi connectivity index (χ2n) is 4.05. The van der Waals surface area contributed by atoms with Crippen LogP contribution < -0.4 is 5.32 Å². The molecule has 2 heterocycles. The maximum atomic E-state index is 12.1. The van der Waals surface area contributed by atoms with Crippen molar-refractivity contribution >= 4 is 11.7 Å². The van der Waals surface area contributed by atoms with Gasteiger partial charge in [0.05, 0.1) is 5.69 Å². The second kappa shape index (κ2) is 5.43. The molecule has 0 saturated heterocycles. The van der Waals surface area contributed by atoms with Gasteiger partial charge in [-0.2, -0.15) is 5.10 Å². The minimum Gasteiger partial charge on any atom is -0.305 e. The van der Waals surface area contributed by atoms with E-state index in [2.05, 4.69) is 15.4 Å². The van der Waals surface area contributed by atoms with E-state index in [1.165, 1.54) is 0 Å². The maximum Gasteiger partial charge on any atom is 0.275 e. The van der Waals surface area contributed by atoms with Crippen molar-refractivity contribution < 1.29 is 4.79 Å². The average molecular weight is 257 g/mol. The minimum atomic E-state index is -0.329. The molecule has 98 valence electrons. The van der Waals surface area contributed by atoms with Crippen LogP contribution in [0.4, 0.5) is 0 Å². The van der Waals surface area contributed by atoms with E-state index < -0.39 is 0 Å². The number of pyridine rings is 1. The maximum absolute atomic E-state index is 12.1. The molecule has 2 aromatic rings. The van der Waals surface area contributed by atoms with Gasteiger partial charge in [0.2, 0.25) is 0 Å². The van der Waals surface area contributed by atoms with Crippen LogP contribution in [0.3, 0.4) is 0 Å². The van der Waals surface area contributed by atoms with E-state index in [1.807, 2.05) is 13.8 Å². The highest BCUT2D eigenvalue weighted by Crippen LogP contribution is 2.04. The average Bonchev–Trinajstić information content (AvgIpc) is 2.81. The number of amides is 1. The van der Waals surface area contributed by atoms with Gasteiger partial charge in [0.15, 0.2) is 0 Å². The van der Waals surface area contributed by atoms with Gasteiger partial charge in [0.1, 0.15) is 11.5 Å². The van der Waals surface area contributed by atoms with Gasteiger partial charge in [-0.3, -0.25) is 19.9 Å². The number of aromatic nitrogens is 3. The van der Waals surface area contributed by atoms with Crippen LogP contribution in [0.2, 0.25) is 0 Å². The molecule has 0 radical (unpaired) electrons. The van der Waals surface area contributed by atoms with Crippen LogP contribution >= 0.6 is 0 Å². The molecule has 0 spiro atoms. The summed E-state index contributed by atoms with van der Waals surface area (Å²) >= 11 is 0. The number of nitrogens with one attached hydrogen (secondary N) is 2. The Bertz CT molecular complexity index is 603. The fourth-order valence-electron chi connectivity index (χ4n) is 1.74. The number of hydrogen-bond donors (Lipinski definition) is 2. The molecule has 1 amide bonds. The molecular weight excluding hydrogens is 242 g/mol. The Balaban J connectivity index is 2.15. The van der Waals surface area contributed by atoms with E-state index in [9.17, 15) is 4.79 Å². The first-order chi connectivity index (χ1) is 9.11. The predicted molar refractivity (Wildman–Crippen MR) is 71.2 cm³/mol. The Morgan fingerprint density at radius 3 is 2.74 bits per heavy atom. The summed E-state index contributed by atoms with van der Waals surface area (Å²) in [7, 11) is 0. The van der Waals surface area contributed by atoms with Crippen LogP contribution in [0, 0.1) is 12.3 Å². The monoisotopic (exact) mass is 257 g/mol. The molecule has 0 aromatic carbocycles. The van der Waals surface area contributed by atoms with Crippen LogP contribution in [0.1, 0.15) is 28.7 Å². The third-order valence-corrected chi connectivity index (χ3v) is 2.64. The van der Waals surface area contributed by atoms with Gasteiger partial charge in [0.25, 0.3) is 5.91 Å². The van der Waals surface area contributed by atoms with E-state index in [1.54, 1.807) is 35.3 Å². The zero-order chi connectivity index (χ0) is 13.8. The molecular formula is C13H15N5O. The normalized spacial score (nSPS) is 10.2. The number of carbonyl (C=O) groups excluding carboxylic acids is 1. The number of rotatable bonds is 3. The van der Waals surface area contributed by atoms with Crippen LogP contribution in [0.15, 0.2) is 30.6 Å². The number of nitrogens with zero attached hydrogens (tertiary/aromatic N) is 3. The van der Waals surface area contributed by atoms with E-state index >= 15 is 0 Å². The summed E-state index contributed by atoms with van der Waals surface area (Å²) in [6, 6.07) is 5.05. The van der Waals surface area contributed by atoms with E-state index in [-0.39, 0.29) is 11.7 Å². The summed E-state index contributed by atoms with van der Waals surface area (Å²) in [5.41, 5.74) is 1.85. The Kier molecular flexibility index (Phi) is 3.70. The number of aryl methyl sites for hydroxylation is 2. The SMILES string of the molecule is CCn1nc(C)cc1C(=O)NC(=N)c1ccncc1. The highest BCUT2D eigenvalue weighted by molar-refractivity contribution is 6.10. The van der Waals surface area contributed by atoms with Crippen molar-refractivity contribution in [1.29, 1.82) is 5.41 Å². The molecule has 0 atom stereocenters. The highest BCUT2D eigenvalue weighted by Gasteiger charge is 2.14. The molecule has 6 heteroatoms. The molecule has 2 rings (SSSR count). The molecule has 0 aliphatic carbocycles. The van der Waals surface area contributed by atoms with Crippen LogP contribution in [-0.4, -0.2) is 26.5 Å². The topological polar surface area (TPSA) is 83.7 Å². The lowest BCUT2D eigenvalue weighted by atomic mass is 10.2. The first kappa shape index (κ1) is 12.9. The molecule has 2 aromatic heterocycles. The van der Waals surface area contributed by atoms with E-state index in [0.29, 0.717) is 17.8 Å². The summed E-state index contributed by atoms with van der Waals surface area (Å²) in [5, 5.41) is 14.6. The van der Waals surface area contributed by atoms with Gasteiger partial charge < -0.3 is 5.32 Å². The molecule has 6 nitrogen and oxygen atoms in total. The highest BCUT2D eigenvalue weighted by atomic mass is 16.2. The zero-order valence-electron chi connectivity index (χ0n) is 10.8. The molecule has 0 fully saturated rings. The third kappa shape index (κ3) is 2.85. The van der Waals surface area contributed by atoms with Gasteiger partial charge in [-0.05, 0) is 32.0 Å². The summed E-state index contributed by atoms with van der Waals surface area (Å²) in [6.07, 6.45) is 3.16. The number of amidine groups is 1. The van der Waals surface area contributed by atoms with Gasteiger partial charge in [0, 0.05) is 24.5 Å². The lowest BCUT2D eigenvalue weighted by molar-refractivity contribution is 0.0966. The minimum absolute atomic E-state index is 0.0499. The summed E-state index contributed by atoms with van der Waals surface area (Å²) < 4.78 is 1.62. The lowest BCUT2D eigenvalue weighted by Gasteiger charge is -2.07. The Hall–Kier alpha value is -2.50. The standard InChI is InChI=1S/C13H15N5O/c1-3-18-11(8-9(2)17-18)13(19)16-12(14)10-4-6-15-7-5-10/h4-8H,3H2,1-2H3,(H2,14,16,19). The quantitative estimate of drug-likeness (QED) is 0.643. The smallest absolute Gasteiger partial charge is 0.275 e. The zero-order valence-corrected chi connectivity index (χ0v) is 10.8. The van der Waals surface area contributed by atoms with Crippen LogP contribution in [-0.2, 0) is 6.54 Å². The summed E-state index contributed by atoms with van der Waals surface area (Å²) in [6.45, 7) is 4.35. The molecule has 0 saturated carbocycles. The molecule has 19 heavy (non-hydrogen) atoms. The van der Waals surface area contributed by atoms with Gasteiger partial charge in [-0.1, -0.05) is 0 Å². The van der Waals surface area contributed by atoms with Gasteiger partial charge >= 0.3 is 0 Å². The Morgan fingerprint density at radius 2 is 2.11 bits per heavy atom. The summed E-state index contributed by atoms with van der Waals surface area (Å²) in [5.74, 6) is -0.279. The fraction of sp³-hybridized carbons (Fsp3) is 0.231. The molecule has 0 aliphatic rings. The van der Waals surface area contributed by atoms with Crippen molar-refractivity contribution in [2.24, 2.45) is 0 Å². The lowest BCUT2D eigenvalue weighted by Crippen LogP contribution is -2.32. The Morgan fingerprint density at radius 1 is 1.42 bits per heavy atom. The second-order valence-corrected chi connectivity index (χ2v) is 4.05. The Labute approximate surface area is 111 Å². The predicted octanol–water partition coefficient (Wildman–Crippen LogP) is 1.36. The van der Waals surface area contributed by atoms with Crippen molar-refractivity contribution in [3.63, 3.8) is 0 Å². The van der Waals surface area contributed by atoms with E-state index in [4.69, 9.17) is 5.41 Å². The van der Waals surface area contributed by atoms with Gasteiger partial charge in [-0.25, -0.2) is 0 Å². The van der Waals surface area contributed by atoms with Crippen molar-refractivity contribution in [2.75, 3.05) is 0 Å². The van der Waals surface area contributed by atoms with Crippen molar-refractivity contribution in [3.05, 3.63) is 47.5 Å². The van der Waals surface area contributed by atoms with Gasteiger partial charge in [-0.15, -0.1) is 0 Å². The number of hydrogen-bond acceptors (Lipinski definition) is 4. The fourth-order valence-corrected chi connectivity index (χ4v) is 1.74. The first-order valence-electron chi connectivity index (χ1n) is 5.96. The largest absolute Gasteiger partial charge is 0.305 e.